The second kappa shape index (κ2) is 9.06. The average molecular weight is 417 g/mol. The normalized spacial score (nSPS) is 16.0. The molecule has 1 saturated heterocycles. The van der Waals surface area contributed by atoms with Crippen LogP contribution in [0.4, 0.5) is 0 Å². The van der Waals surface area contributed by atoms with Crippen LogP contribution in [0.3, 0.4) is 0 Å². The molecule has 2 aromatic rings. The number of hydrogen-bond donors (Lipinski definition) is 2. The Kier molecular flexibility index (Phi) is 6.50. The van der Waals surface area contributed by atoms with E-state index in [4.69, 9.17) is 4.74 Å². The molecule has 0 radical (unpaired) electrons. The van der Waals surface area contributed by atoms with Gasteiger partial charge in [-0.05, 0) is 37.1 Å². The molecule has 0 aromatic heterocycles. The summed E-state index contributed by atoms with van der Waals surface area (Å²) in [5, 5.41) is 13.9. The van der Waals surface area contributed by atoms with Crippen LogP contribution in [0.1, 0.15) is 18.4 Å². The van der Waals surface area contributed by atoms with E-state index in [9.17, 15) is 18.3 Å². The number of para-hydroxylation sites is 1. The summed E-state index contributed by atoms with van der Waals surface area (Å²) in [4.78, 5) is 12.6. The number of sulfonamides is 1. The van der Waals surface area contributed by atoms with Crippen LogP contribution in [0, 0.1) is 5.92 Å². The Labute approximate surface area is 169 Å². The molecule has 154 valence electrons. The molecule has 1 aliphatic heterocycles. The number of piperidine rings is 1. The van der Waals surface area contributed by atoms with Gasteiger partial charge < -0.3 is 9.84 Å². The number of phenolic OH excluding ortho intramolecular Hbond substituents is 1. The van der Waals surface area contributed by atoms with Crippen LogP contribution in [-0.4, -0.2) is 50.2 Å². The predicted octanol–water partition coefficient (Wildman–Crippen LogP) is 1.95. The fourth-order valence-corrected chi connectivity index (χ4v) is 4.66. The van der Waals surface area contributed by atoms with Crippen LogP contribution in [0.25, 0.3) is 0 Å². The maximum absolute atomic E-state index is 12.6. The van der Waals surface area contributed by atoms with Gasteiger partial charge in [0.25, 0.3) is 0 Å². The summed E-state index contributed by atoms with van der Waals surface area (Å²) in [7, 11) is -2.10. The highest BCUT2D eigenvalue weighted by molar-refractivity contribution is 7.89. The second-order valence-electron chi connectivity index (χ2n) is 6.62. The molecule has 0 unspecified atom stereocenters. The van der Waals surface area contributed by atoms with Crippen LogP contribution in [-0.2, 0) is 14.8 Å². The molecule has 0 spiro atoms. The predicted molar refractivity (Wildman–Crippen MR) is 108 cm³/mol. The molecule has 0 bridgehead atoms. The molecular weight excluding hydrogens is 394 g/mol. The fourth-order valence-electron chi connectivity index (χ4n) is 3.16. The van der Waals surface area contributed by atoms with Crippen molar-refractivity contribution in [3.8, 4) is 11.5 Å². The highest BCUT2D eigenvalue weighted by atomic mass is 32.2. The third kappa shape index (κ3) is 4.75. The number of nitrogens with zero attached hydrogens (tertiary/aromatic N) is 2. The van der Waals surface area contributed by atoms with Crippen LogP contribution >= 0.6 is 0 Å². The highest BCUT2D eigenvalue weighted by Crippen LogP contribution is 2.28. The van der Waals surface area contributed by atoms with E-state index >= 15 is 0 Å². The van der Waals surface area contributed by atoms with Crippen molar-refractivity contribution in [2.24, 2.45) is 11.0 Å². The maximum Gasteiger partial charge on any atom is 0.243 e. The van der Waals surface area contributed by atoms with Crippen molar-refractivity contribution in [1.29, 1.82) is 0 Å². The minimum atomic E-state index is -3.54. The number of rotatable bonds is 6. The first-order valence-corrected chi connectivity index (χ1v) is 10.6. The first-order valence-electron chi connectivity index (χ1n) is 9.17. The number of nitrogens with one attached hydrogen (secondary N) is 1. The third-order valence-electron chi connectivity index (χ3n) is 4.83. The summed E-state index contributed by atoms with van der Waals surface area (Å²) < 4.78 is 31.7. The van der Waals surface area contributed by atoms with E-state index in [2.05, 4.69) is 10.5 Å². The number of ether oxygens (including phenoxy) is 1. The largest absolute Gasteiger partial charge is 0.504 e. The minimum Gasteiger partial charge on any atom is -0.504 e. The summed E-state index contributed by atoms with van der Waals surface area (Å²) in [5.41, 5.74) is 2.87. The van der Waals surface area contributed by atoms with Gasteiger partial charge in [-0.15, -0.1) is 0 Å². The lowest BCUT2D eigenvalue weighted by Crippen LogP contribution is -2.42. The molecule has 1 amide bonds. The molecule has 8 nitrogen and oxygen atoms in total. The van der Waals surface area contributed by atoms with Crippen LogP contribution in [0.5, 0.6) is 11.5 Å². The summed E-state index contributed by atoms with van der Waals surface area (Å²) >= 11 is 0. The number of carbonyl (C=O) groups is 1. The summed E-state index contributed by atoms with van der Waals surface area (Å²) in [6.07, 6.45) is 2.17. The lowest BCUT2D eigenvalue weighted by molar-refractivity contribution is -0.126. The smallest absolute Gasteiger partial charge is 0.243 e. The molecule has 0 atom stereocenters. The molecule has 9 heteroatoms. The fraction of sp³-hybridized carbons (Fsp3) is 0.300. The quantitative estimate of drug-likeness (QED) is 0.552. The Hall–Kier alpha value is -2.91. The molecule has 1 aliphatic rings. The zero-order valence-corrected chi connectivity index (χ0v) is 16.8. The van der Waals surface area contributed by atoms with Crippen molar-refractivity contribution < 1.29 is 23.1 Å². The van der Waals surface area contributed by atoms with Gasteiger partial charge in [-0.3, -0.25) is 4.79 Å². The Morgan fingerprint density at radius 3 is 2.52 bits per heavy atom. The summed E-state index contributed by atoms with van der Waals surface area (Å²) in [5.74, 6) is -0.353. The van der Waals surface area contributed by atoms with Crippen molar-refractivity contribution in [1.82, 2.24) is 9.73 Å². The maximum atomic E-state index is 12.6. The summed E-state index contributed by atoms with van der Waals surface area (Å²) in [6.45, 7) is 0.547. The Bertz CT molecular complexity index is 984. The molecule has 1 heterocycles. The number of phenols is 1. The zero-order chi connectivity index (χ0) is 20.9. The lowest BCUT2D eigenvalue weighted by atomic mass is 9.98. The van der Waals surface area contributed by atoms with E-state index in [-0.39, 0.29) is 35.6 Å². The number of carbonyl (C=O) groups excluding carboxylic acids is 1. The van der Waals surface area contributed by atoms with Gasteiger partial charge in [-0.1, -0.05) is 24.3 Å². The first kappa shape index (κ1) is 20.8. The molecule has 0 saturated carbocycles. The first-order chi connectivity index (χ1) is 13.9. The second-order valence-corrected chi connectivity index (χ2v) is 8.56. The Morgan fingerprint density at radius 2 is 1.86 bits per heavy atom. The topological polar surface area (TPSA) is 108 Å². The van der Waals surface area contributed by atoms with Gasteiger partial charge in [0, 0.05) is 24.6 Å². The van der Waals surface area contributed by atoms with E-state index in [1.807, 2.05) is 0 Å². The van der Waals surface area contributed by atoms with Gasteiger partial charge in [0.05, 0.1) is 18.2 Å². The minimum absolute atomic E-state index is 0.0626. The van der Waals surface area contributed by atoms with E-state index in [1.165, 1.54) is 17.6 Å². The van der Waals surface area contributed by atoms with Crippen molar-refractivity contribution in [3.05, 3.63) is 54.1 Å². The molecule has 1 fully saturated rings. The number of amides is 1. The van der Waals surface area contributed by atoms with Crippen molar-refractivity contribution in [2.75, 3.05) is 20.2 Å². The van der Waals surface area contributed by atoms with Crippen LogP contribution in [0.2, 0.25) is 0 Å². The number of hydrogen-bond acceptors (Lipinski definition) is 6. The molecule has 2 aromatic carbocycles. The van der Waals surface area contributed by atoms with Gasteiger partial charge in [0.2, 0.25) is 15.9 Å². The standard InChI is InChI=1S/C20H23N3O5S/c1-28-18-9-5-6-16(19(18)24)14-21-22-20(25)15-10-12-23(13-11-15)29(26,27)17-7-3-2-4-8-17/h2-9,14-15,24H,10-13H2,1H3,(H,22,25)/b21-14-. The molecule has 0 aliphatic carbocycles. The molecule has 3 rings (SSSR count). The molecular formula is C20H23N3O5S. The van der Waals surface area contributed by atoms with Gasteiger partial charge in [-0.2, -0.15) is 9.41 Å². The summed E-state index contributed by atoms with van der Waals surface area (Å²) in [6, 6.07) is 13.2. The average Bonchev–Trinajstić information content (AvgIpc) is 2.75. The van der Waals surface area contributed by atoms with Crippen LogP contribution < -0.4 is 10.2 Å². The highest BCUT2D eigenvalue weighted by Gasteiger charge is 2.31. The third-order valence-corrected chi connectivity index (χ3v) is 6.75. The molecule has 2 N–H and O–H groups in total. The van der Waals surface area contributed by atoms with E-state index in [1.54, 1.807) is 48.5 Å². The molecule has 29 heavy (non-hydrogen) atoms. The monoisotopic (exact) mass is 417 g/mol. The SMILES string of the molecule is COc1cccc(/C=N\NC(=O)C2CCN(S(=O)(=O)c3ccccc3)CC2)c1O. The van der Waals surface area contributed by atoms with Crippen molar-refractivity contribution in [2.45, 2.75) is 17.7 Å². The van der Waals surface area contributed by atoms with E-state index in [0.29, 0.717) is 24.2 Å². The van der Waals surface area contributed by atoms with Gasteiger partial charge in [0.1, 0.15) is 0 Å². The lowest BCUT2D eigenvalue weighted by Gasteiger charge is -2.30. The van der Waals surface area contributed by atoms with Crippen molar-refractivity contribution in [3.63, 3.8) is 0 Å². The van der Waals surface area contributed by atoms with Gasteiger partial charge in [-0.25, -0.2) is 13.8 Å². The Morgan fingerprint density at radius 1 is 1.17 bits per heavy atom. The van der Waals surface area contributed by atoms with Gasteiger partial charge in [0.15, 0.2) is 11.5 Å². The number of methoxy groups -OCH3 is 1. The Balaban J connectivity index is 1.55. The van der Waals surface area contributed by atoms with E-state index in [0.717, 1.165) is 0 Å². The van der Waals surface area contributed by atoms with Gasteiger partial charge >= 0.3 is 0 Å². The van der Waals surface area contributed by atoms with Crippen molar-refractivity contribution >= 4 is 22.1 Å². The number of aromatic hydroxyl groups is 1. The number of benzene rings is 2. The van der Waals surface area contributed by atoms with Crippen LogP contribution in [0.15, 0.2) is 58.5 Å². The number of hydrazone groups is 1. The van der Waals surface area contributed by atoms with E-state index < -0.39 is 10.0 Å². The zero-order valence-electron chi connectivity index (χ0n) is 16.0.